The number of carbonyl (C=O) groups is 3. The summed E-state index contributed by atoms with van der Waals surface area (Å²) in [6.45, 7) is 1.67. The summed E-state index contributed by atoms with van der Waals surface area (Å²) in [5, 5.41) is 36.4. The molecule has 0 unspecified atom stereocenters. The number of aromatic hydroxyl groups is 1. The first-order chi connectivity index (χ1) is 12.8. The Morgan fingerprint density at radius 2 is 1.45 bits per heavy atom. The molecule has 0 saturated carbocycles. The van der Waals surface area contributed by atoms with E-state index in [1.165, 1.54) is 6.07 Å². The smallest absolute Gasteiger partial charge is 0.545 e. The van der Waals surface area contributed by atoms with Crippen molar-refractivity contribution in [3.63, 3.8) is 0 Å². The number of phenols is 1. The van der Waals surface area contributed by atoms with Crippen molar-refractivity contribution in [3.8, 4) is 5.75 Å². The molecule has 0 aromatic heterocycles. The molecule has 0 spiro atoms. The number of benzene rings is 3. The van der Waals surface area contributed by atoms with E-state index in [0.29, 0.717) is 5.56 Å². The molecule has 0 fully saturated rings. The third-order valence-corrected chi connectivity index (χ3v) is 4.18. The van der Waals surface area contributed by atoms with Gasteiger partial charge in [-0.15, -0.1) is 0 Å². The van der Waals surface area contributed by atoms with Crippen molar-refractivity contribution in [2.45, 2.75) is 6.92 Å². The van der Waals surface area contributed by atoms with E-state index in [4.69, 9.17) is 0 Å². The van der Waals surface area contributed by atoms with Crippen LogP contribution in [-0.2, 0) is 0 Å². The number of carbonyl (C=O) groups excluding carboxylic acids is 3. The van der Waals surface area contributed by atoms with E-state index in [1.807, 2.05) is 6.07 Å². The third kappa shape index (κ3) is 5.39. The molecule has 0 heterocycles. The van der Waals surface area contributed by atoms with Crippen LogP contribution in [0, 0.1) is 6.92 Å². The fourth-order valence-electron chi connectivity index (χ4n) is 2.82. The molecule has 3 aromatic rings. The van der Waals surface area contributed by atoms with Gasteiger partial charge in [-0.1, -0.05) is 24.3 Å². The van der Waals surface area contributed by atoms with Crippen molar-refractivity contribution in [1.82, 2.24) is 0 Å². The predicted molar refractivity (Wildman–Crippen MR) is 93.4 cm³/mol. The molecule has 0 aliphatic rings. The first-order valence-corrected chi connectivity index (χ1v) is 7.88. The van der Waals surface area contributed by atoms with Gasteiger partial charge >= 0.3 is 59.1 Å². The predicted octanol–water partition coefficient (Wildman–Crippen LogP) is -5.16. The van der Waals surface area contributed by atoms with Crippen LogP contribution in [0.15, 0.2) is 48.5 Å². The Labute approximate surface area is 210 Å². The Kier molecular flexibility index (Phi) is 8.89. The van der Waals surface area contributed by atoms with E-state index >= 15 is 0 Å². The molecule has 0 aliphatic carbocycles. The molecule has 29 heavy (non-hydrogen) atoms. The number of amides is 1. The van der Waals surface area contributed by atoms with Crippen molar-refractivity contribution < 1.29 is 88.8 Å². The van der Waals surface area contributed by atoms with Crippen LogP contribution < -0.4 is 74.6 Å². The normalized spacial score (nSPS) is 9.83. The number of fused-ring (bicyclic) bond motifs is 1. The second-order valence-electron chi connectivity index (χ2n) is 5.95. The van der Waals surface area contributed by atoms with Crippen LogP contribution in [0.25, 0.3) is 10.8 Å². The first-order valence-electron chi connectivity index (χ1n) is 7.88. The molecule has 0 saturated heterocycles. The standard InChI is InChI=1S/C20H15NO6.2Na/c1-10-15-5-3-2-4-11(15)9-16(17(10)22)18(23)21-14-7-12(19(24)25)6-13(8-14)20(26)27;;/h2-9,22H,1H3,(H,21,23)(H,24,25)(H,26,27);;/q;2*+1/p-2. The fraction of sp³-hybridized carbons (Fsp3) is 0.0500. The average Bonchev–Trinajstić information content (AvgIpc) is 2.64. The summed E-state index contributed by atoms with van der Waals surface area (Å²) >= 11 is 0. The SMILES string of the molecule is Cc1c(O)c(C(=O)Nc2cc(C(=O)[O-])cc(C(=O)[O-])c2)cc2ccccc12.[Na+].[Na+]. The molecule has 1 amide bonds. The van der Waals surface area contributed by atoms with Gasteiger partial charge in [0.25, 0.3) is 5.91 Å². The maximum absolute atomic E-state index is 12.6. The molecule has 136 valence electrons. The van der Waals surface area contributed by atoms with Crippen LogP contribution in [0.4, 0.5) is 5.69 Å². The Balaban J connectivity index is 0.00000210. The van der Waals surface area contributed by atoms with Gasteiger partial charge in [0.1, 0.15) is 5.75 Å². The minimum absolute atomic E-state index is 0. The van der Waals surface area contributed by atoms with Gasteiger partial charge in [-0.05, 0) is 58.7 Å². The average molecular weight is 409 g/mol. The Morgan fingerprint density at radius 3 is 2.00 bits per heavy atom. The number of carboxylic acids is 2. The van der Waals surface area contributed by atoms with Crippen molar-refractivity contribution in [2.24, 2.45) is 0 Å². The zero-order valence-electron chi connectivity index (χ0n) is 16.1. The molecule has 0 atom stereocenters. The van der Waals surface area contributed by atoms with Gasteiger partial charge < -0.3 is 30.2 Å². The zero-order chi connectivity index (χ0) is 19.7. The number of aromatic carboxylic acids is 2. The number of aryl methyl sites for hydroxylation is 1. The van der Waals surface area contributed by atoms with Crippen molar-refractivity contribution in [3.05, 3.63) is 70.8 Å². The first kappa shape index (κ1) is 25.2. The second-order valence-corrected chi connectivity index (χ2v) is 5.95. The van der Waals surface area contributed by atoms with Crippen LogP contribution in [-0.4, -0.2) is 23.0 Å². The second kappa shape index (κ2) is 10.2. The van der Waals surface area contributed by atoms with Crippen molar-refractivity contribution >= 4 is 34.3 Å². The van der Waals surface area contributed by atoms with Crippen LogP contribution >= 0.6 is 0 Å². The topological polar surface area (TPSA) is 130 Å². The van der Waals surface area contributed by atoms with Gasteiger partial charge in [0, 0.05) is 5.69 Å². The van der Waals surface area contributed by atoms with Crippen LogP contribution in [0.2, 0.25) is 0 Å². The van der Waals surface area contributed by atoms with Crippen LogP contribution in [0.1, 0.15) is 36.6 Å². The van der Waals surface area contributed by atoms with E-state index in [2.05, 4.69) is 5.32 Å². The molecule has 9 heteroatoms. The summed E-state index contributed by atoms with van der Waals surface area (Å²) in [6.07, 6.45) is 0. The summed E-state index contributed by atoms with van der Waals surface area (Å²) in [6, 6.07) is 11.7. The van der Waals surface area contributed by atoms with Crippen molar-refractivity contribution in [2.75, 3.05) is 5.32 Å². The fourth-order valence-corrected chi connectivity index (χ4v) is 2.82. The minimum Gasteiger partial charge on any atom is -0.545 e. The van der Waals surface area contributed by atoms with E-state index < -0.39 is 29.0 Å². The van der Waals surface area contributed by atoms with Crippen molar-refractivity contribution in [1.29, 1.82) is 0 Å². The molecule has 3 rings (SSSR count). The number of carboxylic acid groups (broad SMARTS) is 2. The Hall–Kier alpha value is -1.87. The summed E-state index contributed by atoms with van der Waals surface area (Å²) in [4.78, 5) is 34.7. The van der Waals surface area contributed by atoms with Gasteiger partial charge in [-0.2, -0.15) is 0 Å². The number of hydrogen-bond acceptors (Lipinski definition) is 6. The number of hydrogen-bond donors (Lipinski definition) is 2. The summed E-state index contributed by atoms with van der Waals surface area (Å²) in [5.74, 6) is -4.14. The number of anilines is 1. The van der Waals surface area contributed by atoms with Crippen LogP contribution in [0.5, 0.6) is 5.75 Å². The van der Waals surface area contributed by atoms with Gasteiger partial charge in [0.15, 0.2) is 0 Å². The van der Waals surface area contributed by atoms with Gasteiger partial charge in [-0.3, -0.25) is 4.79 Å². The summed E-state index contributed by atoms with van der Waals surface area (Å²) < 4.78 is 0. The Morgan fingerprint density at radius 1 is 0.897 bits per heavy atom. The summed E-state index contributed by atoms with van der Waals surface area (Å²) in [5.41, 5.74) is -0.444. The number of nitrogens with one attached hydrogen (secondary N) is 1. The monoisotopic (exact) mass is 409 g/mol. The number of rotatable bonds is 4. The third-order valence-electron chi connectivity index (χ3n) is 4.18. The zero-order valence-corrected chi connectivity index (χ0v) is 20.1. The minimum atomic E-state index is -1.60. The van der Waals surface area contributed by atoms with E-state index in [1.54, 1.807) is 25.1 Å². The largest absolute Gasteiger partial charge is 1.00 e. The molecule has 0 radical (unpaired) electrons. The molecule has 7 nitrogen and oxygen atoms in total. The van der Waals surface area contributed by atoms with E-state index in [9.17, 15) is 29.7 Å². The van der Waals surface area contributed by atoms with E-state index in [0.717, 1.165) is 29.0 Å². The summed E-state index contributed by atoms with van der Waals surface area (Å²) in [7, 11) is 0. The number of phenolic OH excluding ortho intramolecular Hbond substituents is 1. The molecule has 0 aliphatic heterocycles. The molecular formula is C20H13NNa2O6. The molecule has 3 aromatic carbocycles. The molecule has 0 bridgehead atoms. The molecular weight excluding hydrogens is 396 g/mol. The maximum Gasteiger partial charge on any atom is 1.00 e. The molecule has 2 N–H and O–H groups in total. The van der Waals surface area contributed by atoms with Crippen LogP contribution in [0.3, 0.4) is 0 Å². The van der Waals surface area contributed by atoms with Gasteiger partial charge in [0.2, 0.25) is 0 Å². The van der Waals surface area contributed by atoms with E-state index in [-0.39, 0.29) is 76.1 Å². The van der Waals surface area contributed by atoms with Gasteiger partial charge in [0.05, 0.1) is 17.5 Å². The quantitative estimate of drug-likeness (QED) is 0.415. The van der Waals surface area contributed by atoms with Gasteiger partial charge in [-0.25, -0.2) is 0 Å². The maximum atomic E-state index is 12.6. The Bertz CT molecular complexity index is 1080.